The molecule has 5 heteroatoms. The molecule has 0 saturated heterocycles. The Labute approximate surface area is 107 Å². The van der Waals surface area contributed by atoms with E-state index in [1.54, 1.807) is 12.1 Å². The summed E-state index contributed by atoms with van der Waals surface area (Å²) in [6.45, 7) is 5.84. The van der Waals surface area contributed by atoms with E-state index in [1.807, 2.05) is 26.8 Å². The number of amides is 1. The zero-order valence-corrected chi connectivity index (χ0v) is 11.2. The third-order valence-corrected chi connectivity index (χ3v) is 2.12. The van der Waals surface area contributed by atoms with Crippen molar-refractivity contribution < 1.29 is 9.53 Å². The Morgan fingerprint density at radius 1 is 1.41 bits per heavy atom. The monoisotopic (exact) mass is 254 g/mol. The van der Waals surface area contributed by atoms with E-state index in [2.05, 4.69) is 17.9 Å². The van der Waals surface area contributed by atoms with Crippen molar-refractivity contribution in [2.75, 3.05) is 5.32 Å². The maximum atomic E-state index is 11.5. The number of hydrogen-bond acceptors (Lipinski definition) is 4. The second-order valence-electron chi connectivity index (χ2n) is 4.72. The lowest BCUT2D eigenvalue weighted by molar-refractivity contribution is 0.0636. The van der Waals surface area contributed by atoms with Crippen LogP contribution in [0.3, 0.4) is 0 Å². The molecule has 0 aromatic heterocycles. The third-order valence-electron chi connectivity index (χ3n) is 1.86. The Hall–Kier alpha value is -1.20. The van der Waals surface area contributed by atoms with Crippen LogP contribution in [0, 0.1) is 0 Å². The van der Waals surface area contributed by atoms with Crippen molar-refractivity contribution in [3.63, 3.8) is 0 Å². The van der Waals surface area contributed by atoms with Gasteiger partial charge in [-0.15, -0.1) is 12.6 Å². The van der Waals surface area contributed by atoms with E-state index in [4.69, 9.17) is 10.5 Å². The fraction of sp³-hybridized carbons (Fsp3) is 0.417. The molecule has 0 bridgehead atoms. The number of rotatable bonds is 2. The van der Waals surface area contributed by atoms with E-state index in [0.29, 0.717) is 12.2 Å². The van der Waals surface area contributed by atoms with Crippen LogP contribution in [0.25, 0.3) is 0 Å². The van der Waals surface area contributed by atoms with Crippen LogP contribution in [-0.2, 0) is 11.3 Å². The number of hydrogen-bond donors (Lipinski definition) is 3. The molecule has 1 amide bonds. The fourth-order valence-corrected chi connectivity index (χ4v) is 1.59. The average Bonchev–Trinajstić information content (AvgIpc) is 2.13. The Kier molecular flexibility index (Phi) is 4.42. The topological polar surface area (TPSA) is 64.3 Å². The quantitative estimate of drug-likeness (QED) is 0.711. The predicted molar refractivity (Wildman–Crippen MR) is 71.4 cm³/mol. The molecule has 1 aromatic carbocycles. The Balaban J connectivity index is 2.74. The van der Waals surface area contributed by atoms with Gasteiger partial charge in [-0.1, -0.05) is 0 Å². The molecule has 0 heterocycles. The highest BCUT2D eigenvalue weighted by Gasteiger charge is 2.16. The highest BCUT2D eigenvalue weighted by molar-refractivity contribution is 7.80. The van der Waals surface area contributed by atoms with Gasteiger partial charge in [0.2, 0.25) is 0 Å². The normalized spacial score (nSPS) is 11.1. The third kappa shape index (κ3) is 5.10. The molecule has 17 heavy (non-hydrogen) atoms. The van der Waals surface area contributed by atoms with Crippen molar-refractivity contribution in [1.82, 2.24) is 0 Å². The lowest BCUT2D eigenvalue weighted by Crippen LogP contribution is -2.27. The SMILES string of the molecule is CC(C)(C)OC(=O)Nc1cc(S)cc(CN)c1. The number of ether oxygens (including phenoxy) is 1. The van der Waals surface area contributed by atoms with Crippen LogP contribution in [0.2, 0.25) is 0 Å². The first-order valence-corrected chi connectivity index (χ1v) is 5.78. The van der Waals surface area contributed by atoms with E-state index < -0.39 is 11.7 Å². The Bertz CT molecular complexity index is 413. The van der Waals surface area contributed by atoms with Gasteiger partial charge in [-0.05, 0) is 44.5 Å². The molecule has 0 atom stereocenters. The van der Waals surface area contributed by atoms with Crippen LogP contribution in [0.1, 0.15) is 26.3 Å². The molecule has 94 valence electrons. The number of nitrogens with two attached hydrogens (primary N) is 1. The molecule has 0 aliphatic rings. The van der Waals surface area contributed by atoms with Crippen molar-refractivity contribution in [2.24, 2.45) is 5.73 Å². The highest BCUT2D eigenvalue weighted by atomic mass is 32.1. The molecule has 1 rings (SSSR count). The molecule has 1 aromatic rings. The summed E-state index contributed by atoms with van der Waals surface area (Å²) in [7, 11) is 0. The van der Waals surface area contributed by atoms with Gasteiger partial charge in [0, 0.05) is 17.1 Å². The van der Waals surface area contributed by atoms with Crippen LogP contribution in [0.4, 0.5) is 10.5 Å². The van der Waals surface area contributed by atoms with Crippen LogP contribution in [0.15, 0.2) is 23.1 Å². The number of thiol groups is 1. The first kappa shape index (κ1) is 13.9. The lowest BCUT2D eigenvalue weighted by atomic mass is 10.2. The number of benzene rings is 1. The standard InChI is InChI=1S/C12H18N2O2S/c1-12(2,3)16-11(15)14-9-4-8(7-13)5-10(17)6-9/h4-6,17H,7,13H2,1-3H3,(H,14,15). The molecule has 0 unspecified atom stereocenters. The molecule has 0 aliphatic carbocycles. The summed E-state index contributed by atoms with van der Waals surface area (Å²) in [5.41, 5.74) is 6.57. The minimum atomic E-state index is -0.515. The van der Waals surface area contributed by atoms with Gasteiger partial charge in [-0.3, -0.25) is 5.32 Å². The molecule has 3 N–H and O–H groups in total. The average molecular weight is 254 g/mol. The molecule has 0 spiro atoms. The first-order valence-electron chi connectivity index (χ1n) is 5.33. The van der Waals surface area contributed by atoms with Crippen molar-refractivity contribution in [3.05, 3.63) is 23.8 Å². The van der Waals surface area contributed by atoms with Crippen molar-refractivity contribution in [2.45, 2.75) is 37.8 Å². The zero-order chi connectivity index (χ0) is 13.1. The van der Waals surface area contributed by atoms with Gasteiger partial charge in [0.05, 0.1) is 0 Å². The minimum absolute atomic E-state index is 0.400. The van der Waals surface area contributed by atoms with Gasteiger partial charge in [0.1, 0.15) is 5.60 Å². The van der Waals surface area contributed by atoms with Crippen LogP contribution < -0.4 is 11.1 Å². The second kappa shape index (κ2) is 5.42. The number of anilines is 1. The summed E-state index contributed by atoms with van der Waals surface area (Å²) in [5.74, 6) is 0. The number of carbonyl (C=O) groups excluding carboxylic acids is 1. The summed E-state index contributed by atoms with van der Waals surface area (Å²) in [5, 5.41) is 2.65. The van der Waals surface area contributed by atoms with E-state index in [9.17, 15) is 4.79 Å². The van der Waals surface area contributed by atoms with Crippen LogP contribution in [0.5, 0.6) is 0 Å². The minimum Gasteiger partial charge on any atom is -0.444 e. The van der Waals surface area contributed by atoms with Gasteiger partial charge in [-0.2, -0.15) is 0 Å². The van der Waals surface area contributed by atoms with Crippen molar-refractivity contribution in [1.29, 1.82) is 0 Å². The van der Waals surface area contributed by atoms with Crippen molar-refractivity contribution >= 4 is 24.4 Å². The van der Waals surface area contributed by atoms with Gasteiger partial charge in [0.15, 0.2) is 0 Å². The van der Waals surface area contributed by atoms with Crippen molar-refractivity contribution in [3.8, 4) is 0 Å². The molecular weight excluding hydrogens is 236 g/mol. The maximum Gasteiger partial charge on any atom is 0.412 e. The second-order valence-corrected chi connectivity index (χ2v) is 5.24. The van der Waals surface area contributed by atoms with E-state index in [-0.39, 0.29) is 0 Å². The smallest absolute Gasteiger partial charge is 0.412 e. The maximum absolute atomic E-state index is 11.5. The van der Waals surface area contributed by atoms with E-state index in [0.717, 1.165) is 10.5 Å². The summed E-state index contributed by atoms with van der Waals surface area (Å²) in [6.07, 6.45) is -0.487. The Morgan fingerprint density at radius 3 is 2.59 bits per heavy atom. The zero-order valence-electron chi connectivity index (χ0n) is 10.3. The van der Waals surface area contributed by atoms with Crippen LogP contribution >= 0.6 is 12.6 Å². The summed E-state index contributed by atoms with van der Waals surface area (Å²) in [4.78, 5) is 12.3. The molecule has 0 saturated carbocycles. The molecule has 0 radical (unpaired) electrons. The summed E-state index contributed by atoms with van der Waals surface area (Å²) >= 11 is 4.24. The summed E-state index contributed by atoms with van der Waals surface area (Å²) in [6, 6.07) is 5.39. The van der Waals surface area contributed by atoms with Gasteiger partial charge in [-0.25, -0.2) is 4.79 Å². The molecular formula is C12H18N2O2S. The van der Waals surface area contributed by atoms with Crippen LogP contribution in [-0.4, -0.2) is 11.7 Å². The largest absolute Gasteiger partial charge is 0.444 e. The predicted octanol–water partition coefficient (Wildman–Crippen LogP) is 2.78. The van der Waals surface area contributed by atoms with Gasteiger partial charge < -0.3 is 10.5 Å². The lowest BCUT2D eigenvalue weighted by Gasteiger charge is -2.19. The molecule has 4 nitrogen and oxygen atoms in total. The molecule has 0 aliphatic heterocycles. The van der Waals surface area contributed by atoms with Gasteiger partial charge in [0.25, 0.3) is 0 Å². The van der Waals surface area contributed by atoms with Gasteiger partial charge >= 0.3 is 6.09 Å². The number of nitrogens with one attached hydrogen (secondary N) is 1. The fourth-order valence-electron chi connectivity index (χ4n) is 1.29. The van der Waals surface area contributed by atoms with E-state index in [1.165, 1.54) is 0 Å². The Morgan fingerprint density at radius 2 is 2.06 bits per heavy atom. The first-order chi connectivity index (χ1) is 7.80. The highest BCUT2D eigenvalue weighted by Crippen LogP contribution is 2.18. The summed E-state index contributed by atoms with van der Waals surface area (Å²) < 4.78 is 5.15. The molecule has 0 fully saturated rings. The number of carbonyl (C=O) groups is 1. The van der Waals surface area contributed by atoms with E-state index >= 15 is 0 Å².